The summed E-state index contributed by atoms with van der Waals surface area (Å²) in [4.78, 5) is 22.8. The number of rotatable bonds is 4. The fraction of sp³-hybridized carbons (Fsp3) is 0.429. The van der Waals surface area contributed by atoms with Crippen LogP contribution in [0.4, 0.5) is 10.5 Å². The second-order valence-corrected chi connectivity index (χ2v) is 7.47. The normalized spacial score (nSPS) is 20.0. The van der Waals surface area contributed by atoms with Crippen molar-refractivity contribution in [3.05, 3.63) is 29.8 Å². The number of hydrogen-bond acceptors (Lipinski definition) is 4. The summed E-state index contributed by atoms with van der Waals surface area (Å²) in [5, 5.41) is 5.31. The summed E-state index contributed by atoms with van der Waals surface area (Å²) in [6, 6.07) is 6.20. The van der Waals surface area contributed by atoms with E-state index in [0.717, 1.165) is 0 Å². The highest BCUT2D eigenvalue weighted by molar-refractivity contribution is 7.91. The molecule has 2 rings (SSSR count). The van der Waals surface area contributed by atoms with Gasteiger partial charge in [-0.2, -0.15) is 0 Å². The Balaban J connectivity index is 1.81. The van der Waals surface area contributed by atoms with E-state index >= 15 is 0 Å². The molecule has 0 aliphatic carbocycles. The standard InChI is InChI=1S/C14H18N2O4S/c1-10(17)12-2-4-13(5-3-12)16-14(18)15-8-11-6-7-21(19,20)9-11/h2-5,11H,6-9H2,1H3,(H2,15,16,18). The second kappa shape index (κ2) is 6.26. The summed E-state index contributed by atoms with van der Waals surface area (Å²) < 4.78 is 22.6. The molecule has 2 N–H and O–H groups in total. The van der Waals surface area contributed by atoms with Crippen LogP contribution >= 0.6 is 0 Å². The Morgan fingerprint density at radius 3 is 2.43 bits per heavy atom. The summed E-state index contributed by atoms with van der Waals surface area (Å²) >= 11 is 0. The highest BCUT2D eigenvalue weighted by atomic mass is 32.2. The second-order valence-electron chi connectivity index (χ2n) is 5.24. The minimum absolute atomic E-state index is 0.0131. The van der Waals surface area contributed by atoms with E-state index in [4.69, 9.17) is 0 Å². The van der Waals surface area contributed by atoms with Crippen LogP contribution in [-0.4, -0.2) is 38.3 Å². The number of sulfone groups is 1. The van der Waals surface area contributed by atoms with Crippen molar-refractivity contribution < 1.29 is 18.0 Å². The summed E-state index contributed by atoms with van der Waals surface area (Å²) in [5.74, 6) is 0.294. The molecular weight excluding hydrogens is 292 g/mol. The Morgan fingerprint density at radius 1 is 1.24 bits per heavy atom. The molecule has 0 bridgehead atoms. The molecule has 1 aliphatic rings. The highest BCUT2D eigenvalue weighted by Gasteiger charge is 2.27. The number of benzene rings is 1. The lowest BCUT2D eigenvalue weighted by molar-refractivity contribution is 0.101. The molecule has 6 nitrogen and oxygen atoms in total. The van der Waals surface area contributed by atoms with Crippen LogP contribution < -0.4 is 10.6 Å². The van der Waals surface area contributed by atoms with E-state index in [-0.39, 0.29) is 29.2 Å². The molecule has 1 aromatic carbocycles. The first-order valence-corrected chi connectivity index (χ1v) is 8.54. The predicted molar refractivity (Wildman–Crippen MR) is 80.2 cm³/mol. The fourth-order valence-electron chi connectivity index (χ4n) is 2.23. The van der Waals surface area contributed by atoms with Crippen LogP contribution in [0.2, 0.25) is 0 Å². The van der Waals surface area contributed by atoms with Crippen LogP contribution in [0.1, 0.15) is 23.7 Å². The van der Waals surface area contributed by atoms with Crippen LogP contribution in [0.15, 0.2) is 24.3 Å². The van der Waals surface area contributed by atoms with E-state index in [1.54, 1.807) is 24.3 Å². The van der Waals surface area contributed by atoms with Gasteiger partial charge in [-0.05, 0) is 43.5 Å². The summed E-state index contributed by atoms with van der Waals surface area (Å²) in [6.07, 6.45) is 0.593. The van der Waals surface area contributed by atoms with Gasteiger partial charge in [0.15, 0.2) is 15.6 Å². The molecule has 1 unspecified atom stereocenters. The van der Waals surface area contributed by atoms with Gasteiger partial charge in [0.2, 0.25) is 0 Å². The number of ketones is 1. The molecule has 0 spiro atoms. The molecule has 1 heterocycles. The van der Waals surface area contributed by atoms with Gasteiger partial charge in [-0.15, -0.1) is 0 Å². The zero-order valence-corrected chi connectivity index (χ0v) is 12.6. The maximum atomic E-state index is 11.7. The maximum Gasteiger partial charge on any atom is 0.319 e. The number of hydrogen-bond donors (Lipinski definition) is 2. The van der Waals surface area contributed by atoms with Gasteiger partial charge < -0.3 is 10.6 Å². The third kappa shape index (κ3) is 4.56. The van der Waals surface area contributed by atoms with E-state index < -0.39 is 9.84 Å². The first kappa shape index (κ1) is 15.5. The minimum atomic E-state index is -2.92. The monoisotopic (exact) mass is 310 g/mol. The van der Waals surface area contributed by atoms with Gasteiger partial charge >= 0.3 is 6.03 Å². The van der Waals surface area contributed by atoms with Crippen molar-refractivity contribution in [3.63, 3.8) is 0 Å². The topological polar surface area (TPSA) is 92.3 Å². The van der Waals surface area contributed by atoms with Gasteiger partial charge in [0.25, 0.3) is 0 Å². The van der Waals surface area contributed by atoms with Crippen molar-refractivity contribution in [1.29, 1.82) is 0 Å². The van der Waals surface area contributed by atoms with Gasteiger partial charge in [-0.1, -0.05) is 0 Å². The summed E-state index contributed by atoms with van der Waals surface area (Å²) in [7, 11) is -2.92. The number of anilines is 1. The fourth-order valence-corrected chi connectivity index (χ4v) is 4.10. The van der Waals surface area contributed by atoms with Gasteiger partial charge in [0.1, 0.15) is 0 Å². The smallest absolute Gasteiger partial charge is 0.319 e. The predicted octanol–water partition coefficient (Wildman–Crippen LogP) is 1.45. The largest absolute Gasteiger partial charge is 0.338 e. The molecular formula is C14H18N2O4S. The molecule has 7 heteroatoms. The molecule has 114 valence electrons. The van der Waals surface area contributed by atoms with Crippen LogP contribution in [0.25, 0.3) is 0 Å². The van der Waals surface area contributed by atoms with Crippen molar-refractivity contribution in [2.45, 2.75) is 13.3 Å². The lowest BCUT2D eigenvalue weighted by Crippen LogP contribution is -2.33. The SMILES string of the molecule is CC(=O)c1ccc(NC(=O)NCC2CCS(=O)(=O)C2)cc1. The van der Waals surface area contributed by atoms with Gasteiger partial charge in [-0.25, -0.2) is 13.2 Å². The zero-order chi connectivity index (χ0) is 15.5. The average Bonchev–Trinajstić information content (AvgIpc) is 2.77. The number of amides is 2. The van der Waals surface area contributed by atoms with Crippen LogP contribution in [0.3, 0.4) is 0 Å². The first-order chi connectivity index (χ1) is 9.85. The van der Waals surface area contributed by atoms with E-state index in [1.807, 2.05) is 0 Å². The van der Waals surface area contributed by atoms with Gasteiger partial charge in [0, 0.05) is 17.8 Å². The third-order valence-corrected chi connectivity index (χ3v) is 5.26. The molecule has 21 heavy (non-hydrogen) atoms. The quantitative estimate of drug-likeness (QED) is 0.823. The van der Waals surface area contributed by atoms with E-state index in [9.17, 15) is 18.0 Å². The Kier molecular flexibility index (Phi) is 4.62. The van der Waals surface area contributed by atoms with E-state index in [0.29, 0.717) is 24.2 Å². The van der Waals surface area contributed by atoms with Gasteiger partial charge in [-0.3, -0.25) is 4.79 Å². The van der Waals surface area contributed by atoms with Crippen LogP contribution in [-0.2, 0) is 9.84 Å². The number of nitrogens with one attached hydrogen (secondary N) is 2. The van der Waals surface area contributed by atoms with Crippen molar-refractivity contribution >= 4 is 27.3 Å². The maximum absolute atomic E-state index is 11.7. The van der Waals surface area contributed by atoms with Crippen molar-refractivity contribution in [2.24, 2.45) is 5.92 Å². The Morgan fingerprint density at radius 2 is 1.90 bits per heavy atom. The minimum Gasteiger partial charge on any atom is -0.338 e. The number of urea groups is 1. The van der Waals surface area contributed by atoms with E-state index in [2.05, 4.69) is 10.6 Å². The molecule has 0 radical (unpaired) electrons. The van der Waals surface area contributed by atoms with Gasteiger partial charge in [0.05, 0.1) is 11.5 Å². The molecule has 1 atom stereocenters. The Labute approximate surface area is 123 Å². The number of Topliss-reactive ketones (excluding diaryl/α,β-unsaturated/α-hetero) is 1. The van der Waals surface area contributed by atoms with Crippen molar-refractivity contribution in [3.8, 4) is 0 Å². The molecule has 2 amide bonds. The Hall–Kier alpha value is -1.89. The lowest BCUT2D eigenvalue weighted by atomic mass is 10.1. The number of carbonyl (C=O) groups is 2. The lowest BCUT2D eigenvalue weighted by Gasteiger charge is -2.11. The summed E-state index contributed by atoms with van der Waals surface area (Å²) in [5.41, 5.74) is 1.16. The average molecular weight is 310 g/mol. The molecule has 1 aromatic rings. The van der Waals surface area contributed by atoms with Crippen LogP contribution in [0, 0.1) is 5.92 Å². The molecule has 1 aliphatic heterocycles. The first-order valence-electron chi connectivity index (χ1n) is 6.72. The van der Waals surface area contributed by atoms with Crippen molar-refractivity contribution in [2.75, 3.05) is 23.4 Å². The summed E-state index contributed by atoms with van der Waals surface area (Å²) in [6.45, 7) is 1.82. The third-order valence-electron chi connectivity index (χ3n) is 3.43. The van der Waals surface area contributed by atoms with E-state index in [1.165, 1.54) is 6.92 Å². The molecule has 0 aromatic heterocycles. The zero-order valence-electron chi connectivity index (χ0n) is 11.8. The molecule has 1 saturated heterocycles. The van der Waals surface area contributed by atoms with Crippen LogP contribution in [0.5, 0.6) is 0 Å². The Bertz CT molecular complexity index is 637. The number of carbonyl (C=O) groups excluding carboxylic acids is 2. The highest BCUT2D eigenvalue weighted by Crippen LogP contribution is 2.17. The molecule has 1 fully saturated rings. The molecule has 0 saturated carbocycles. The van der Waals surface area contributed by atoms with Crippen molar-refractivity contribution in [1.82, 2.24) is 5.32 Å².